The number of benzene rings is 7. The Balaban J connectivity index is 1.01. The maximum atomic E-state index is 2.53. The van der Waals surface area contributed by atoms with Gasteiger partial charge in [-0.25, -0.2) is 0 Å². The summed E-state index contributed by atoms with van der Waals surface area (Å²) in [6, 6.07) is 62.4. The SMILES string of the molecule is CC1(C)c2cc(N(c3ccc(C4CC5CCC4C5)cc3)c3cccc(-c4ccccc4C4CCCCC4)c3)ccc2-c2c(-c3ccc(-c4ccccc4)cc3)cccc21. The van der Waals surface area contributed by atoms with E-state index in [4.69, 9.17) is 0 Å². The first-order chi connectivity index (χ1) is 29.0. The van der Waals surface area contributed by atoms with Gasteiger partial charge in [-0.1, -0.05) is 167 Å². The van der Waals surface area contributed by atoms with E-state index in [-0.39, 0.29) is 5.41 Å². The van der Waals surface area contributed by atoms with Crippen LogP contribution in [0.2, 0.25) is 0 Å². The summed E-state index contributed by atoms with van der Waals surface area (Å²) in [6.45, 7) is 4.84. The molecular weight excluding hydrogens is 711 g/mol. The molecule has 3 atom stereocenters. The molecule has 0 amide bonds. The van der Waals surface area contributed by atoms with Gasteiger partial charge < -0.3 is 4.90 Å². The molecule has 0 heterocycles. The van der Waals surface area contributed by atoms with Crippen LogP contribution in [0.4, 0.5) is 17.1 Å². The van der Waals surface area contributed by atoms with E-state index in [0.29, 0.717) is 5.92 Å². The monoisotopic (exact) mass is 765 g/mol. The van der Waals surface area contributed by atoms with Crippen molar-refractivity contribution in [1.82, 2.24) is 0 Å². The molecular formula is C58H55N. The van der Waals surface area contributed by atoms with Gasteiger partial charge in [0.25, 0.3) is 0 Å². The molecule has 0 radical (unpaired) electrons. The Morgan fingerprint density at radius 3 is 1.92 bits per heavy atom. The first-order valence-electron chi connectivity index (χ1n) is 22.5. The Labute approximate surface area is 351 Å². The lowest BCUT2D eigenvalue weighted by Crippen LogP contribution is -2.16. The molecule has 0 saturated heterocycles. The molecule has 292 valence electrons. The summed E-state index contributed by atoms with van der Waals surface area (Å²) >= 11 is 0. The molecule has 7 aromatic rings. The second kappa shape index (κ2) is 14.9. The van der Waals surface area contributed by atoms with Crippen molar-refractivity contribution in [3.8, 4) is 44.5 Å². The van der Waals surface area contributed by atoms with Gasteiger partial charge in [0.2, 0.25) is 0 Å². The number of hydrogen-bond donors (Lipinski definition) is 0. The van der Waals surface area contributed by atoms with E-state index in [1.54, 1.807) is 0 Å². The zero-order valence-corrected chi connectivity index (χ0v) is 34.7. The average Bonchev–Trinajstić information content (AvgIpc) is 4.00. The molecule has 0 aliphatic heterocycles. The molecule has 59 heavy (non-hydrogen) atoms. The van der Waals surface area contributed by atoms with E-state index in [0.717, 1.165) is 17.8 Å². The minimum Gasteiger partial charge on any atom is -0.310 e. The van der Waals surface area contributed by atoms with Crippen LogP contribution < -0.4 is 4.90 Å². The minimum absolute atomic E-state index is 0.154. The quantitative estimate of drug-likeness (QED) is 0.149. The van der Waals surface area contributed by atoms with Crippen LogP contribution in [0, 0.1) is 11.8 Å². The summed E-state index contributed by atoms with van der Waals surface area (Å²) in [7, 11) is 0. The Bertz CT molecular complexity index is 2630. The first kappa shape index (κ1) is 36.4. The Morgan fingerprint density at radius 1 is 0.458 bits per heavy atom. The van der Waals surface area contributed by atoms with Crippen LogP contribution in [0.25, 0.3) is 44.5 Å². The minimum atomic E-state index is -0.154. The predicted octanol–water partition coefficient (Wildman–Crippen LogP) is 16.4. The maximum absolute atomic E-state index is 2.53. The van der Waals surface area contributed by atoms with Crippen LogP contribution in [0.3, 0.4) is 0 Å². The second-order valence-corrected chi connectivity index (χ2v) is 18.7. The lowest BCUT2D eigenvalue weighted by molar-refractivity contribution is 0.420. The van der Waals surface area contributed by atoms with E-state index in [1.165, 1.54) is 142 Å². The fraction of sp³-hybridized carbons (Fsp3) is 0.276. The fourth-order valence-electron chi connectivity index (χ4n) is 11.9. The molecule has 3 fully saturated rings. The highest BCUT2D eigenvalue weighted by molar-refractivity contribution is 5.94. The topological polar surface area (TPSA) is 3.24 Å². The van der Waals surface area contributed by atoms with E-state index in [1.807, 2.05) is 0 Å². The van der Waals surface area contributed by atoms with Gasteiger partial charge in [0, 0.05) is 22.5 Å². The van der Waals surface area contributed by atoms with E-state index < -0.39 is 0 Å². The molecule has 11 rings (SSSR count). The predicted molar refractivity (Wildman–Crippen MR) is 249 cm³/mol. The van der Waals surface area contributed by atoms with Crippen molar-refractivity contribution >= 4 is 17.1 Å². The number of rotatable bonds is 8. The molecule has 3 saturated carbocycles. The molecule has 4 aliphatic carbocycles. The average molecular weight is 766 g/mol. The number of nitrogens with zero attached hydrogens (tertiary/aromatic N) is 1. The lowest BCUT2D eigenvalue weighted by Gasteiger charge is -2.29. The summed E-state index contributed by atoms with van der Waals surface area (Å²) in [6.07, 6.45) is 12.3. The van der Waals surface area contributed by atoms with Crippen LogP contribution in [-0.4, -0.2) is 0 Å². The van der Waals surface area contributed by atoms with Gasteiger partial charge in [0.15, 0.2) is 0 Å². The Morgan fingerprint density at radius 2 is 1.14 bits per heavy atom. The van der Waals surface area contributed by atoms with Crippen molar-refractivity contribution in [3.05, 3.63) is 186 Å². The third-order valence-electron chi connectivity index (χ3n) is 15.0. The van der Waals surface area contributed by atoms with Crippen molar-refractivity contribution in [2.45, 2.75) is 88.9 Å². The highest BCUT2D eigenvalue weighted by atomic mass is 15.1. The first-order valence-corrected chi connectivity index (χ1v) is 22.5. The van der Waals surface area contributed by atoms with Gasteiger partial charge in [0.1, 0.15) is 0 Å². The fourth-order valence-corrected chi connectivity index (χ4v) is 11.9. The van der Waals surface area contributed by atoms with Gasteiger partial charge >= 0.3 is 0 Å². The lowest BCUT2D eigenvalue weighted by atomic mass is 9.81. The van der Waals surface area contributed by atoms with Crippen molar-refractivity contribution < 1.29 is 0 Å². The summed E-state index contributed by atoms with van der Waals surface area (Å²) in [5.41, 5.74) is 19.8. The van der Waals surface area contributed by atoms with Crippen LogP contribution >= 0.6 is 0 Å². The van der Waals surface area contributed by atoms with Crippen LogP contribution in [-0.2, 0) is 5.41 Å². The third-order valence-corrected chi connectivity index (χ3v) is 15.0. The van der Waals surface area contributed by atoms with E-state index in [9.17, 15) is 0 Å². The number of hydrogen-bond acceptors (Lipinski definition) is 1. The van der Waals surface area contributed by atoms with Gasteiger partial charge in [-0.05, 0) is 159 Å². The van der Waals surface area contributed by atoms with Gasteiger partial charge in [-0.15, -0.1) is 0 Å². The summed E-state index contributed by atoms with van der Waals surface area (Å²) in [5.74, 6) is 3.17. The summed E-state index contributed by atoms with van der Waals surface area (Å²) in [4.78, 5) is 2.53. The molecule has 0 aromatic heterocycles. The molecule has 1 heteroatoms. The molecule has 0 N–H and O–H groups in total. The second-order valence-electron chi connectivity index (χ2n) is 18.7. The molecule has 2 bridgehead atoms. The molecule has 3 unspecified atom stereocenters. The van der Waals surface area contributed by atoms with Crippen molar-refractivity contribution in [2.75, 3.05) is 4.90 Å². The zero-order valence-electron chi connectivity index (χ0n) is 34.7. The van der Waals surface area contributed by atoms with E-state index >= 15 is 0 Å². The smallest absolute Gasteiger partial charge is 0.0467 e. The Kier molecular flexibility index (Phi) is 9.18. The highest BCUT2D eigenvalue weighted by Gasteiger charge is 2.40. The number of anilines is 3. The van der Waals surface area contributed by atoms with Crippen LogP contribution in [0.1, 0.15) is 106 Å². The van der Waals surface area contributed by atoms with E-state index in [2.05, 4.69) is 183 Å². The molecule has 0 spiro atoms. The highest BCUT2D eigenvalue weighted by Crippen LogP contribution is 2.55. The zero-order chi connectivity index (χ0) is 39.5. The van der Waals surface area contributed by atoms with Gasteiger partial charge in [-0.3, -0.25) is 0 Å². The third kappa shape index (κ3) is 6.46. The standard InChI is InChI=1S/C58H55N/c1-58(2)55-22-12-21-52(43-27-25-41(26-28-43)40-13-5-3-6-14-40)57(55)53-34-33-49(38-56(53)58)59(47-31-29-44(30-32-47)54-36-39-23-24-46(54)35-39)48-18-11-17-45(37-48)51-20-10-9-19-50(51)42-15-7-4-8-16-42/h3,5-6,9-14,17-22,25-34,37-39,42,46,54H,4,7-8,15-16,23-24,35-36H2,1-2H3. The van der Waals surface area contributed by atoms with Crippen molar-refractivity contribution in [1.29, 1.82) is 0 Å². The van der Waals surface area contributed by atoms with Crippen LogP contribution in [0.5, 0.6) is 0 Å². The normalized spacial score (nSPS) is 20.3. The largest absolute Gasteiger partial charge is 0.310 e. The van der Waals surface area contributed by atoms with Crippen molar-refractivity contribution in [2.24, 2.45) is 11.8 Å². The maximum Gasteiger partial charge on any atom is 0.0467 e. The molecule has 1 nitrogen and oxygen atoms in total. The van der Waals surface area contributed by atoms with Crippen LogP contribution in [0.15, 0.2) is 164 Å². The van der Waals surface area contributed by atoms with Gasteiger partial charge in [-0.2, -0.15) is 0 Å². The molecule has 4 aliphatic rings. The van der Waals surface area contributed by atoms with Crippen molar-refractivity contribution in [3.63, 3.8) is 0 Å². The van der Waals surface area contributed by atoms with Gasteiger partial charge in [0.05, 0.1) is 0 Å². The molecule has 7 aromatic carbocycles. The Hall–Kier alpha value is -5.66. The summed E-state index contributed by atoms with van der Waals surface area (Å²) < 4.78 is 0. The summed E-state index contributed by atoms with van der Waals surface area (Å²) in [5, 5.41) is 0. The number of fused-ring (bicyclic) bond motifs is 5.